The maximum atomic E-state index is 6.16. The van der Waals surface area contributed by atoms with Crippen molar-refractivity contribution >= 4 is 34.1 Å². The summed E-state index contributed by atoms with van der Waals surface area (Å²) in [6, 6.07) is 13.3. The van der Waals surface area contributed by atoms with Crippen LogP contribution in [0, 0.1) is 0 Å². The smallest absolute Gasteiger partial charge is 0.129 e. The van der Waals surface area contributed by atoms with Crippen molar-refractivity contribution in [2.75, 3.05) is 0 Å². The number of nitrogens with zero attached hydrogens (tertiary/aromatic N) is 2. The first-order valence-corrected chi connectivity index (χ1v) is 6.17. The minimum absolute atomic E-state index is 0.467. The zero-order valence-electron chi connectivity index (χ0n) is 9.27. The number of benzene rings is 1. The lowest BCUT2D eigenvalue weighted by Crippen LogP contribution is -1.87. The zero-order chi connectivity index (χ0) is 12.5. The van der Waals surface area contributed by atoms with Gasteiger partial charge >= 0.3 is 0 Å². The lowest BCUT2D eigenvalue weighted by molar-refractivity contribution is 1.31. The quantitative estimate of drug-likeness (QED) is 0.606. The van der Waals surface area contributed by atoms with Crippen molar-refractivity contribution < 1.29 is 0 Å². The molecule has 18 heavy (non-hydrogen) atoms. The summed E-state index contributed by atoms with van der Waals surface area (Å²) in [5.74, 6) is 0. The molecule has 0 N–H and O–H groups in total. The number of rotatable bonds is 1. The maximum Gasteiger partial charge on any atom is 0.129 e. The fraction of sp³-hybridized carbons (Fsp3) is 0. The van der Waals surface area contributed by atoms with Gasteiger partial charge < -0.3 is 0 Å². The highest BCUT2D eigenvalue weighted by atomic mass is 35.5. The van der Waals surface area contributed by atoms with Crippen LogP contribution in [-0.2, 0) is 0 Å². The van der Waals surface area contributed by atoms with E-state index in [1.807, 2.05) is 36.4 Å². The van der Waals surface area contributed by atoms with Crippen molar-refractivity contribution in [2.45, 2.75) is 0 Å². The fourth-order valence-electron chi connectivity index (χ4n) is 1.82. The largest absolute Gasteiger partial charge is 0.246 e. The van der Waals surface area contributed by atoms with E-state index in [1.54, 1.807) is 12.3 Å². The first-order chi connectivity index (χ1) is 8.74. The van der Waals surface area contributed by atoms with Crippen molar-refractivity contribution in [1.29, 1.82) is 0 Å². The van der Waals surface area contributed by atoms with E-state index in [-0.39, 0.29) is 0 Å². The van der Waals surface area contributed by atoms with Gasteiger partial charge in [-0.3, -0.25) is 0 Å². The molecule has 88 valence electrons. The highest BCUT2D eigenvalue weighted by molar-refractivity contribution is 6.33. The molecule has 0 atom stereocenters. The number of hydrogen-bond acceptors (Lipinski definition) is 2. The Morgan fingerprint density at radius 2 is 1.78 bits per heavy atom. The monoisotopic (exact) mass is 274 g/mol. The third-order valence-corrected chi connectivity index (χ3v) is 3.23. The maximum absolute atomic E-state index is 6.16. The van der Waals surface area contributed by atoms with Gasteiger partial charge in [0.15, 0.2) is 0 Å². The Bertz CT molecular complexity index is 726. The van der Waals surface area contributed by atoms with Gasteiger partial charge in [0, 0.05) is 16.0 Å². The average Bonchev–Trinajstić information content (AvgIpc) is 2.39. The standard InChI is InChI=1S/C14H8Cl2N2/c15-11-4-2-1-3-10(11)12-6-5-9-7-14(16)17-8-13(9)18-12/h1-8H. The van der Waals surface area contributed by atoms with Crippen LogP contribution in [-0.4, -0.2) is 9.97 Å². The zero-order valence-corrected chi connectivity index (χ0v) is 10.8. The van der Waals surface area contributed by atoms with Crippen molar-refractivity contribution in [1.82, 2.24) is 9.97 Å². The molecule has 0 amide bonds. The third-order valence-electron chi connectivity index (χ3n) is 2.69. The van der Waals surface area contributed by atoms with Gasteiger partial charge in [0.05, 0.1) is 17.4 Å². The molecule has 0 saturated carbocycles. The Hall–Kier alpha value is -1.64. The van der Waals surface area contributed by atoms with Crippen LogP contribution in [0.5, 0.6) is 0 Å². The van der Waals surface area contributed by atoms with Crippen LogP contribution in [0.15, 0.2) is 48.7 Å². The first-order valence-electron chi connectivity index (χ1n) is 5.41. The molecule has 0 spiro atoms. The first kappa shape index (κ1) is 11.5. The van der Waals surface area contributed by atoms with Gasteiger partial charge in [-0.2, -0.15) is 0 Å². The molecule has 0 radical (unpaired) electrons. The van der Waals surface area contributed by atoms with E-state index in [9.17, 15) is 0 Å². The molecule has 0 fully saturated rings. The summed E-state index contributed by atoms with van der Waals surface area (Å²) in [5.41, 5.74) is 2.55. The Morgan fingerprint density at radius 1 is 0.944 bits per heavy atom. The van der Waals surface area contributed by atoms with Gasteiger partial charge in [0.1, 0.15) is 5.15 Å². The van der Waals surface area contributed by atoms with E-state index in [0.717, 1.165) is 22.2 Å². The van der Waals surface area contributed by atoms with E-state index >= 15 is 0 Å². The highest BCUT2D eigenvalue weighted by Crippen LogP contribution is 2.27. The molecule has 0 aliphatic heterocycles. The van der Waals surface area contributed by atoms with Crippen LogP contribution >= 0.6 is 23.2 Å². The normalized spacial score (nSPS) is 10.8. The SMILES string of the molecule is Clc1cc2ccc(-c3ccccc3Cl)nc2cn1. The summed E-state index contributed by atoms with van der Waals surface area (Å²) < 4.78 is 0. The van der Waals surface area contributed by atoms with E-state index in [0.29, 0.717) is 10.2 Å². The minimum Gasteiger partial charge on any atom is -0.246 e. The molecule has 2 heterocycles. The van der Waals surface area contributed by atoms with Crippen LogP contribution in [0.25, 0.3) is 22.2 Å². The molecule has 4 heteroatoms. The van der Waals surface area contributed by atoms with Gasteiger partial charge in [0.2, 0.25) is 0 Å². The van der Waals surface area contributed by atoms with Gasteiger partial charge in [-0.15, -0.1) is 0 Å². The van der Waals surface area contributed by atoms with Crippen LogP contribution in [0.3, 0.4) is 0 Å². The molecular weight excluding hydrogens is 267 g/mol. The lowest BCUT2D eigenvalue weighted by Gasteiger charge is -2.05. The predicted molar refractivity (Wildman–Crippen MR) is 75.0 cm³/mol. The van der Waals surface area contributed by atoms with Crippen molar-refractivity contribution in [3.05, 3.63) is 58.8 Å². The second kappa shape index (κ2) is 4.56. The summed E-state index contributed by atoms with van der Waals surface area (Å²) in [6.45, 7) is 0. The molecule has 3 rings (SSSR count). The lowest BCUT2D eigenvalue weighted by atomic mass is 10.1. The Kier molecular flexibility index (Phi) is 2.90. The summed E-state index contributed by atoms with van der Waals surface area (Å²) in [7, 11) is 0. The average molecular weight is 275 g/mol. The molecule has 1 aromatic carbocycles. The van der Waals surface area contributed by atoms with Crippen LogP contribution in [0.4, 0.5) is 0 Å². The predicted octanol–water partition coefficient (Wildman–Crippen LogP) is 4.60. The summed E-state index contributed by atoms with van der Waals surface area (Å²) >= 11 is 12.0. The molecule has 0 aliphatic rings. The number of aromatic nitrogens is 2. The number of hydrogen-bond donors (Lipinski definition) is 0. The van der Waals surface area contributed by atoms with Crippen LogP contribution in [0.1, 0.15) is 0 Å². The van der Waals surface area contributed by atoms with E-state index in [4.69, 9.17) is 23.2 Å². The Morgan fingerprint density at radius 3 is 2.61 bits per heavy atom. The van der Waals surface area contributed by atoms with Gasteiger partial charge in [-0.25, -0.2) is 9.97 Å². The number of fused-ring (bicyclic) bond motifs is 1. The topological polar surface area (TPSA) is 25.8 Å². The molecule has 3 aromatic rings. The summed E-state index contributed by atoms with van der Waals surface area (Å²) in [6.07, 6.45) is 1.66. The number of halogens is 2. The molecule has 0 unspecified atom stereocenters. The van der Waals surface area contributed by atoms with Gasteiger partial charge in [-0.05, 0) is 18.2 Å². The molecule has 2 nitrogen and oxygen atoms in total. The van der Waals surface area contributed by atoms with Gasteiger partial charge in [-0.1, -0.05) is 47.5 Å². The van der Waals surface area contributed by atoms with E-state index in [2.05, 4.69) is 9.97 Å². The van der Waals surface area contributed by atoms with Crippen molar-refractivity contribution in [3.63, 3.8) is 0 Å². The minimum atomic E-state index is 0.467. The van der Waals surface area contributed by atoms with Gasteiger partial charge in [0.25, 0.3) is 0 Å². The van der Waals surface area contributed by atoms with Crippen molar-refractivity contribution in [2.24, 2.45) is 0 Å². The molecule has 0 saturated heterocycles. The highest BCUT2D eigenvalue weighted by Gasteiger charge is 2.05. The Labute approximate surface area is 114 Å². The Balaban J connectivity index is 2.20. The molecular formula is C14H8Cl2N2. The third kappa shape index (κ3) is 2.05. The van der Waals surface area contributed by atoms with Crippen molar-refractivity contribution in [3.8, 4) is 11.3 Å². The number of pyridine rings is 2. The fourth-order valence-corrected chi connectivity index (χ4v) is 2.22. The molecule has 0 aliphatic carbocycles. The molecule has 0 bridgehead atoms. The second-order valence-corrected chi connectivity index (χ2v) is 4.67. The summed E-state index contributed by atoms with van der Waals surface area (Å²) in [4.78, 5) is 8.58. The summed E-state index contributed by atoms with van der Waals surface area (Å²) in [5, 5.41) is 2.12. The van der Waals surface area contributed by atoms with Crippen LogP contribution in [0.2, 0.25) is 10.2 Å². The van der Waals surface area contributed by atoms with E-state index in [1.165, 1.54) is 0 Å². The second-order valence-electron chi connectivity index (χ2n) is 3.88. The van der Waals surface area contributed by atoms with Crippen LogP contribution < -0.4 is 0 Å². The van der Waals surface area contributed by atoms with E-state index < -0.39 is 0 Å². The molecule has 2 aromatic heterocycles.